The van der Waals surface area contributed by atoms with Crippen molar-refractivity contribution in [2.45, 2.75) is 65.8 Å². The number of nitrogens with zero attached hydrogens (tertiary/aromatic N) is 4. The predicted molar refractivity (Wildman–Crippen MR) is 174 cm³/mol. The first-order chi connectivity index (χ1) is 22.1. The average molecular weight is 654 g/mol. The smallest absolute Gasteiger partial charge is 0.410 e. The van der Waals surface area contributed by atoms with Crippen molar-refractivity contribution in [3.05, 3.63) is 76.2 Å². The predicted octanol–water partition coefficient (Wildman–Crippen LogP) is 5.30. The Balaban J connectivity index is 1.57. The summed E-state index contributed by atoms with van der Waals surface area (Å²) in [7, 11) is 1.58. The second kappa shape index (κ2) is 14.9. The number of carbonyl (C=O) groups is 3. The van der Waals surface area contributed by atoms with E-state index in [4.69, 9.17) is 14.2 Å². The summed E-state index contributed by atoms with van der Waals surface area (Å²) in [5, 5.41) is 17.2. The quantitative estimate of drug-likeness (QED) is 0.283. The van der Waals surface area contributed by atoms with Crippen LogP contribution < -0.4 is 10.1 Å². The second-order valence-electron chi connectivity index (χ2n) is 12.8. The number of rotatable bonds is 11. The molecule has 0 bridgehead atoms. The van der Waals surface area contributed by atoms with Crippen molar-refractivity contribution >= 4 is 23.8 Å². The highest BCUT2D eigenvalue weighted by atomic mass is 19.1. The van der Waals surface area contributed by atoms with Gasteiger partial charge in [-0.15, -0.1) is 0 Å². The number of carboxylic acid groups (broad SMARTS) is 1. The average Bonchev–Trinajstić information content (AvgIpc) is 3.43. The lowest BCUT2D eigenvalue weighted by Crippen LogP contribution is -2.55. The lowest BCUT2D eigenvalue weighted by atomic mass is 10.0. The van der Waals surface area contributed by atoms with Crippen LogP contribution in [0.15, 0.2) is 42.6 Å². The molecule has 0 radical (unpaired) electrons. The molecule has 2 atom stereocenters. The van der Waals surface area contributed by atoms with Crippen LogP contribution in [0.3, 0.4) is 0 Å². The monoisotopic (exact) mass is 653 g/mol. The number of nitrogens with one attached hydrogen (secondary N) is 1. The number of hydrogen-bond acceptors (Lipinski definition) is 8. The topological polar surface area (TPSA) is 135 Å². The van der Waals surface area contributed by atoms with Crippen molar-refractivity contribution in [2.24, 2.45) is 0 Å². The van der Waals surface area contributed by atoms with Crippen LogP contribution >= 0.6 is 0 Å². The highest BCUT2D eigenvalue weighted by Crippen LogP contribution is 2.31. The molecule has 2 amide bonds. The lowest BCUT2D eigenvalue weighted by molar-refractivity contribution is -0.00301. The van der Waals surface area contributed by atoms with E-state index >= 15 is 0 Å². The molecule has 2 aromatic carbocycles. The van der Waals surface area contributed by atoms with Crippen molar-refractivity contribution in [3.8, 4) is 5.75 Å². The Kier molecular flexibility index (Phi) is 11.2. The van der Waals surface area contributed by atoms with E-state index in [9.17, 15) is 23.9 Å². The van der Waals surface area contributed by atoms with E-state index in [0.29, 0.717) is 61.8 Å². The van der Waals surface area contributed by atoms with E-state index in [-0.39, 0.29) is 29.0 Å². The fourth-order valence-electron chi connectivity index (χ4n) is 5.31. The SMILES string of the molecule is COCCn1ccc(NC(=O)c2cc(C(=O)O)c(O[C@H](CN3CCN(C(=O)OC(C)(C)C)[C@H](C)C3)c3ccc(C)c(F)c3)cc2C)n1. The van der Waals surface area contributed by atoms with E-state index < -0.39 is 29.4 Å². The summed E-state index contributed by atoms with van der Waals surface area (Å²) >= 11 is 0. The molecule has 3 aromatic rings. The maximum Gasteiger partial charge on any atom is 0.410 e. The molecule has 2 N–H and O–H groups in total. The van der Waals surface area contributed by atoms with Gasteiger partial charge in [-0.05, 0) is 76.4 Å². The van der Waals surface area contributed by atoms with Crippen LogP contribution in [0.1, 0.15) is 71.2 Å². The Hall–Kier alpha value is -4.49. The number of halogens is 1. The number of aromatic nitrogens is 2. The maximum atomic E-state index is 14.8. The van der Waals surface area contributed by atoms with Crippen molar-refractivity contribution in [2.75, 3.05) is 45.2 Å². The van der Waals surface area contributed by atoms with Crippen LogP contribution in [-0.4, -0.2) is 94.2 Å². The van der Waals surface area contributed by atoms with Crippen molar-refractivity contribution in [1.82, 2.24) is 19.6 Å². The minimum Gasteiger partial charge on any atom is -0.483 e. The Morgan fingerprint density at radius 1 is 1.09 bits per heavy atom. The zero-order valence-corrected chi connectivity index (χ0v) is 28.0. The summed E-state index contributed by atoms with van der Waals surface area (Å²) in [5.41, 5.74) is 0.780. The summed E-state index contributed by atoms with van der Waals surface area (Å²) in [6, 6.07) is 9.05. The molecule has 1 fully saturated rings. The van der Waals surface area contributed by atoms with E-state index in [2.05, 4.69) is 15.3 Å². The normalized spacial score (nSPS) is 16.1. The molecule has 1 aliphatic rings. The lowest BCUT2D eigenvalue weighted by Gasteiger charge is -2.41. The number of piperazine rings is 1. The van der Waals surface area contributed by atoms with Gasteiger partial charge in [-0.1, -0.05) is 12.1 Å². The molecular formula is C34H44FN5O7. The fourth-order valence-corrected chi connectivity index (χ4v) is 5.31. The summed E-state index contributed by atoms with van der Waals surface area (Å²) in [5.74, 6) is -1.87. The summed E-state index contributed by atoms with van der Waals surface area (Å²) in [6.07, 6.45) is 0.551. The molecule has 47 heavy (non-hydrogen) atoms. The zero-order chi connectivity index (χ0) is 34.5. The van der Waals surface area contributed by atoms with Gasteiger partial charge < -0.3 is 29.5 Å². The minimum atomic E-state index is -1.29. The summed E-state index contributed by atoms with van der Waals surface area (Å²) in [4.78, 5) is 42.2. The number of ether oxygens (including phenoxy) is 3. The number of carbonyl (C=O) groups excluding carboxylic acids is 2. The van der Waals surface area contributed by atoms with Crippen molar-refractivity contribution < 1.29 is 38.1 Å². The third-order valence-corrected chi connectivity index (χ3v) is 7.81. The number of benzene rings is 2. The zero-order valence-electron chi connectivity index (χ0n) is 28.0. The van der Waals surface area contributed by atoms with Gasteiger partial charge in [0.05, 0.1) is 13.2 Å². The van der Waals surface area contributed by atoms with Crippen LogP contribution in [0.2, 0.25) is 0 Å². The standard InChI is InChI=1S/C34H44FN5O7/c1-21-8-9-24(17-27(21)35)29(20-38-12-13-40(23(3)19-38)33(44)47-34(4,5)6)46-28-16-22(2)25(18-26(28)32(42)43)31(41)36-30-10-11-39(37-30)14-15-45-7/h8-11,16-18,23,29H,12-15,19-20H2,1-7H3,(H,42,43)(H,36,37,41)/t23-,29-/m1/s1. The van der Waals surface area contributed by atoms with Crippen molar-refractivity contribution in [3.63, 3.8) is 0 Å². The van der Waals surface area contributed by atoms with E-state index in [0.717, 1.165) is 0 Å². The number of methoxy groups -OCH3 is 1. The molecule has 1 aliphatic heterocycles. The molecule has 4 rings (SSSR count). The first-order valence-corrected chi connectivity index (χ1v) is 15.5. The highest BCUT2D eigenvalue weighted by molar-refractivity contribution is 6.06. The molecule has 1 aromatic heterocycles. The van der Waals surface area contributed by atoms with Crippen LogP contribution in [0.5, 0.6) is 5.75 Å². The largest absolute Gasteiger partial charge is 0.483 e. The summed E-state index contributed by atoms with van der Waals surface area (Å²) in [6.45, 7) is 13.4. The molecule has 2 heterocycles. The van der Waals surface area contributed by atoms with Gasteiger partial charge in [0.2, 0.25) is 0 Å². The number of hydrogen-bond donors (Lipinski definition) is 2. The van der Waals surface area contributed by atoms with E-state index in [1.807, 2.05) is 27.7 Å². The third kappa shape index (κ3) is 9.29. The van der Waals surface area contributed by atoms with Gasteiger partial charge >= 0.3 is 12.1 Å². The third-order valence-electron chi connectivity index (χ3n) is 7.81. The van der Waals surface area contributed by atoms with Crippen molar-refractivity contribution in [1.29, 1.82) is 0 Å². The summed E-state index contributed by atoms with van der Waals surface area (Å²) < 4.78 is 33.4. The van der Waals surface area contributed by atoms with Gasteiger partial charge in [0, 0.05) is 57.2 Å². The maximum absolute atomic E-state index is 14.8. The van der Waals surface area contributed by atoms with Crippen LogP contribution in [0.4, 0.5) is 15.0 Å². The Bertz CT molecular complexity index is 1600. The van der Waals surface area contributed by atoms with Gasteiger partial charge in [-0.25, -0.2) is 14.0 Å². The van der Waals surface area contributed by atoms with Crippen LogP contribution in [0.25, 0.3) is 0 Å². The number of amides is 2. The molecular weight excluding hydrogens is 609 g/mol. The molecule has 12 nitrogen and oxygen atoms in total. The van der Waals surface area contributed by atoms with Gasteiger partial charge in [0.15, 0.2) is 5.82 Å². The number of anilines is 1. The fraction of sp³-hybridized carbons (Fsp3) is 0.471. The van der Waals surface area contributed by atoms with Gasteiger partial charge in [-0.2, -0.15) is 5.10 Å². The Morgan fingerprint density at radius 2 is 1.83 bits per heavy atom. The first kappa shape index (κ1) is 35.4. The molecule has 1 saturated heterocycles. The van der Waals surface area contributed by atoms with Crippen LogP contribution in [0, 0.1) is 19.7 Å². The molecule has 0 saturated carbocycles. The number of aromatic carboxylic acids is 1. The Morgan fingerprint density at radius 3 is 2.47 bits per heavy atom. The molecule has 254 valence electrons. The van der Waals surface area contributed by atoms with Gasteiger partial charge in [0.1, 0.15) is 28.8 Å². The van der Waals surface area contributed by atoms with Gasteiger partial charge in [0.25, 0.3) is 5.91 Å². The van der Waals surface area contributed by atoms with E-state index in [1.165, 1.54) is 18.2 Å². The Labute approximate surface area is 274 Å². The highest BCUT2D eigenvalue weighted by Gasteiger charge is 2.33. The van der Waals surface area contributed by atoms with Crippen LogP contribution in [-0.2, 0) is 16.0 Å². The van der Waals surface area contributed by atoms with Gasteiger partial charge in [-0.3, -0.25) is 14.4 Å². The molecule has 0 unspecified atom stereocenters. The molecule has 0 aliphatic carbocycles. The molecule has 0 spiro atoms. The molecule has 13 heteroatoms. The number of aryl methyl sites for hydroxylation is 2. The minimum absolute atomic E-state index is 0.0433. The second-order valence-corrected chi connectivity index (χ2v) is 12.8. The first-order valence-electron chi connectivity index (χ1n) is 15.5. The van der Waals surface area contributed by atoms with E-state index in [1.54, 1.807) is 54.9 Å². The number of carboxylic acids is 1.